The molecule has 0 aliphatic rings. The highest BCUT2D eigenvalue weighted by Crippen LogP contribution is 2.27. The van der Waals surface area contributed by atoms with Crippen molar-refractivity contribution in [3.8, 4) is 11.5 Å². The van der Waals surface area contributed by atoms with E-state index in [1.54, 1.807) is 30.6 Å². The zero-order valence-corrected chi connectivity index (χ0v) is 13.6. The smallest absolute Gasteiger partial charge is 0.262 e. The molecule has 0 aliphatic heterocycles. The summed E-state index contributed by atoms with van der Waals surface area (Å²) in [4.78, 5) is 15.9. The second-order valence-electron chi connectivity index (χ2n) is 5.30. The summed E-state index contributed by atoms with van der Waals surface area (Å²) < 4.78 is 11.4. The third kappa shape index (κ3) is 5.07. The Hall–Kier alpha value is -3.34. The maximum Gasteiger partial charge on any atom is 0.262 e. The molecule has 5 heteroatoms. The Bertz CT molecular complexity index is 807. The van der Waals surface area contributed by atoms with E-state index in [1.165, 1.54) is 0 Å². The number of rotatable bonds is 7. The maximum atomic E-state index is 12.0. The zero-order valence-electron chi connectivity index (χ0n) is 13.6. The van der Waals surface area contributed by atoms with Gasteiger partial charge in [0.2, 0.25) is 0 Å². The van der Waals surface area contributed by atoms with Gasteiger partial charge in [-0.25, -0.2) is 0 Å². The molecule has 0 bridgehead atoms. The van der Waals surface area contributed by atoms with Crippen molar-refractivity contribution < 1.29 is 14.3 Å². The fourth-order valence-corrected chi connectivity index (χ4v) is 2.20. The summed E-state index contributed by atoms with van der Waals surface area (Å²) in [6, 6.07) is 20.7. The van der Waals surface area contributed by atoms with Gasteiger partial charge < -0.3 is 14.8 Å². The monoisotopic (exact) mass is 334 g/mol. The van der Waals surface area contributed by atoms with Crippen molar-refractivity contribution in [2.45, 2.75) is 6.61 Å². The van der Waals surface area contributed by atoms with Crippen LogP contribution >= 0.6 is 0 Å². The molecule has 3 aromatic rings. The maximum absolute atomic E-state index is 12.0. The average molecular weight is 334 g/mol. The summed E-state index contributed by atoms with van der Waals surface area (Å²) in [7, 11) is 0. The molecule has 0 radical (unpaired) electrons. The predicted octanol–water partition coefficient (Wildman–Crippen LogP) is 3.68. The van der Waals surface area contributed by atoms with E-state index in [-0.39, 0.29) is 12.5 Å². The fraction of sp³-hybridized carbons (Fsp3) is 0.100. The Morgan fingerprint density at radius 1 is 0.880 bits per heavy atom. The minimum absolute atomic E-state index is 0.111. The van der Waals surface area contributed by atoms with Crippen LogP contribution in [-0.2, 0) is 11.4 Å². The van der Waals surface area contributed by atoms with Crippen LogP contribution in [0.1, 0.15) is 5.56 Å². The van der Waals surface area contributed by atoms with Gasteiger partial charge in [-0.3, -0.25) is 9.78 Å². The number of carbonyl (C=O) groups excluding carboxylic acids is 1. The molecule has 1 amide bonds. The third-order valence-electron chi connectivity index (χ3n) is 3.39. The number of benzene rings is 2. The number of pyridine rings is 1. The normalized spacial score (nSPS) is 10.1. The molecule has 0 spiro atoms. The lowest BCUT2D eigenvalue weighted by Gasteiger charge is -2.12. The number of ether oxygens (including phenoxy) is 2. The lowest BCUT2D eigenvalue weighted by atomic mass is 10.2. The van der Waals surface area contributed by atoms with Gasteiger partial charge in [0.05, 0.1) is 11.9 Å². The fourth-order valence-electron chi connectivity index (χ4n) is 2.20. The molecule has 0 atom stereocenters. The highest BCUT2D eigenvalue weighted by atomic mass is 16.5. The summed E-state index contributed by atoms with van der Waals surface area (Å²) in [5.74, 6) is 0.867. The van der Waals surface area contributed by atoms with E-state index in [4.69, 9.17) is 9.47 Å². The number of amides is 1. The summed E-state index contributed by atoms with van der Waals surface area (Å²) >= 11 is 0. The first kappa shape index (κ1) is 16.5. The van der Waals surface area contributed by atoms with Gasteiger partial charge in [0.25, 0.3) is 5.91 Å². The number of para-hydroxylation sites is 2. The molecule has 0 fully saturated rings. The van der Waals surface area contributed by atoms with Gasteiger partial charge in [0.15, 0.2) is 18.1 Å². The summed E-state index contributed by atoms with van der Waals surface area (Å²) in [6.07, 6.45) is 3.22. The SMILES string of the molecule is O=C(COc1ccccc1OCc1ccccc1)Nc1cccnc1. The van der Waals surface area contributed by atoms with E-state index < -0.39 is 0 Å². The van der Waals surface area contributed by atoms with Crippen LogP contribution in [0.5, 0.6) is 11.5 Å². The minimum Gasteiger partial charge on any atom is -0.485 e. The van der Waals surface area contributed by atoms with Crippen LogP contribution < -0.4 is 14.8 Å². The quantitative estimate of drug-likeness (QED) is 0.716. The number of carbonyl (C=O) groups is 1. The van der Waals surface area contributed by atoms with Crippen molar-refractivity contribution >= 4 is 11.6 Å². The highest BCUT2D eigenvalue weighted by Gasteiger charge is 2.08. The molecule has 126 valence electrons. The van der Waals surface area contributed by atoms with Crippen LogP contribution in [-0.4, -0.2) is 17.5 Å². The van der Waals surface area contributed by atoms with Crippen LogP contribution in [0.15, 0.2) is 79.1 Å². The topological polar surface area (TPSA) is 60.5 Å². The minimum atomic E-state index is -0.258. The van der Waals surface area contributed by atoms with Crippen molar-refractivity contribution in [2.24, 2.45) is 0 Å². The molecule has 1 N–H and O–H groups in total. The summed E-state index contributed by atoms with van der Waals surface area (Å²) in [5, 5.41) is 2.72. The van der Waals surface area contributed by atoms with E-state index in [9.17, 15) is 4.79 Å². The molecule has 0 saturated carbocycles. The van der Waals surface area contributed by atoms with E-state index in [1.807, 2.05) is 48.5 Å². The number of hydrogen-bond acceptors (Lipinski definition) is 4. The average Bonchev–Trinajstić information content (AvgIpc) is 2.67. The first-order chi connectivity index (χ1) is 12.3. The van der Waals surface area contributed by atoms with Crippen molar-refractivity contribution in [1.29, 1.82) is 0 Å². The lowest BCUT2D eigenvalue weighted by Crippen LogP contribution is -2.20. The van der Waals surface area contributed by atoms with Gasteiger partial charge in [-0.05, 0) is 29.8 Å². The molecule has 2 aromatic carbocycles. The van der Waals surface area contributed by atoms with Crippen molar-refractivity contribution in [3.05, 3.63) is 84.7 Å². The molecular weight excluding hydrogens is 316 g/mol. The Kier molecular flexibility index (Phi) is 5.61. The van der Waals surface area contributed by atoms with Crippen LogP contribution in [0, 0.1) is 0 Å². The summed E-state index contributed by atoms with van der Waals surface area (Å²) in [5.41, 5.74) is 1.69. The van der Waals surface area contributed by atoms with E-state index in [0.29, 0.717) is 23.8 Å². The van der Waals surface area contributed by atoms with Crippen molar-refractivity contribution in [2.75, 3.05) is 11.9 Å². The van der Waals surface area contributed by atoms with Crippen LogP contribution in [0.4, 0.5) is 5.69 Å². The predicted molar refractivity (Wildman–Crippen MR) is 95.6 cm³/mol. The molecule has 0 unspecified atom stereocenters. The standard InChI is InChI=1S/C20H18N2O3/c23-20(22-17-9-6-12-21-13-17)15-25-19-11-5-4-10-18(19)24-14-16-7-2-1-3-8-16/h1-13H,14-15H2,(H,22,23). The van der Waals surface area contributed by atoms with Crippen molar-refractivity contribution in [3.63, 3.8) is 0 Å². The molecule has 1 aromatic heterocycles. The van der Waals surface area contributed by atoms with Gasteiger partial charge in [-0.15, -0.1) is 0 Å². The molecule has 0 saturated heterocycles. The Morgan fingerprint density at radius 2 is 1.60 bits per heavy atom. The van der Waals surface area contributed by atoms with E-state index in [2.05, 4.69) is 10.3 Å². The number of hydrogen-bond donors (Lipinski definition) is 1. The second kappa shape index (κ2) is 8.49. The first-order valence-electron chi connectivity index (χ1n) is 7.90. The Morgan fingerprint density at radius 3 is 2.32 bits per heavy atom. The Labute approximate surface area is 146 Å². The number of nitrogens with zero attached hydrogens (tertiary/aromatic N) is 1. The zero-order chi connectivity index (χ0) is 17.3. The van der Waals surface area contributed by atoms with Crippen molar-refractivity contribution in [1.82, 2.24) is 4.98 Å². The second-order valence-corrected chi connectivity index (χ2v) is 5.30. The largest absolute Gasteiger partial charge is 0.485 e. The van der Waals surface area contributed by atoms with E-state index >= 15 is 0 Å². The summed E-state index contributed by atoms with van der Waals surface area (Å²) in [6.45, 7) is 0.323. The molecule has 5 nitrogen and oxygen atoms in total. The van der Waals surface area contributed by atoms with Gasteiger partial charge in [-0.2, -0.15) is 0 Å². The van der Waals surface area contributed by atoms with Crippen LogP contribution in [0.2, 0.25) is 0 Å². The van der Waals surface area contributed by atoms with Gasteiger partial charge >= 0.3 is 0 Å². The number of aromatic nitrogens is 1. The Balaban J connectivity index is 1.56. The molecular formula is C20H18N2O3. The lowest BCUT2D eigenvalue weighted by molar-refractivity contribution is -0.118. The van der Waals surface area contributed by atoms with Gasteiger partial charge in [0, 0.05) is 6.20 Å². The molecule has 3 rings (SSSR count). The molecule has 1 heterocycles. The molecule has 0 aliphatic carbocycles. The number of anilines is 1. The third-order valence-corrected chi connectivity index (χ3v) is 3.39. The highest BCUT2D eigenvalue weighted by molar-refractivity contribution is 5.91. The van der Waals surface area contributed by atoms with Gasteiger partial charge in [0.1, 0.15) is 6.61 Å². The van der Waals surface area contributed by atoms with Crippen LogP contribution in [0.3, 0.4) is 0 Å². The van der Waals surface area contributed by atoms with Gasteiger partial charge in [-0.1, -0.05) is 42.5 Å². The first-order valence-corrected chi connectivity index (χ1v) is 7.90. The number of nitrogens with one attached hydrogen (secondary N) is 1. The van der Waals surface area contributed by atoms with E-state index in [0.717, 1.165) is 5.56 Å². The molecule has 25 heavy (non-hydrogen) atoms. The van der Waals surface area contributed by atoms with Crippen LogP contribution in [0.25, 0.3) is 0 Å².